The lowest BCUT2D eigenvalue weighted by atomic mass is 10.2. The summed E-state index contributed by atoms with van der Waals surface area (Å²) in [5.74, 6) is -1.06. The van der Waals surface area contributed by atoms with E-state index >= 15 is 0 Å². The molecule has 1 aromatic rings. The summed E-state index contributed by atoms with van der Waals surface area (Å²) < 4.78 is 44.5. The lowest BCUT2D eigenvalue weighted by Crippen LogP contribution is -2.18. The zero-order chi connectivity index (χ0) is 13.1. The third-order valence-corrected chi connectivity index (χ3v) is 1.81. The van der Waals surface area contributed by atoms with Gasteiger partial charge in [0.2, 0.25) is 0 Å². The summed E-state index contributed by atoms with van der Waals surface area (Å²) in [5.41, 5.74) is 5.34. The number of halogens is 3. The highest BCUT2D eigenvalue weighted by Crippen LogP contribution is 2.31. The minimum absolute atomic E-state index is 0.0763. The lowest BCUT2D eigenvalue weighted by Gasteiger charge is -2.13. The van der Waals surface area contributed by atoms with Crippen LogP contribution in [0.2, 0.25) is 0 Å². The van der Waals surface area contributed by atoms with Gasteiger partial charge >= 0.3 is 6.36 Å². The minimum atomic E-state index is -4.89. The maximum Gasteiger partial charge on any atom is 0.573 e. The molecule has 0 saturated heterocycles. The predicted molar refractivity (Wildman–Crippen MR) is 50.8 cm³/mol. The molecule has 0 aromatic carbocycles. The number of rotatable bonds is 4. The van der Waals surface area contributed by atoms with Crippen LogP contribution >= 0.6 is 0 Å². The zero-order valence-corrected chi connectivity index (χ0v) is 8.75. The summed E-state index contributed by atoms with van der Waals surface area (Å²) in [4.78, 5) is 14.3. The molecular formula is C9H9F3N2O3. The van der Waals surface area contributed by atoms with E-state index in [1.165, 1.54) is 0 Å². The Labute approximate surface area is 94.3 Å². The number of ether oxygens (including phenoxy) is 2. The molecule has 0 fully saturated rings. The number of carbonyl (C=O) groups excluding carboxylic acids is 1. The summed E-state index contributed by atoms with van der Waals surface area (Å²) in [6.45, 7) is -0.100. The molecule has 0 unspecified atom stereocenters. The van der Waals surface area contributed by atoms with Crippen molar-refractivity contribution in [2.24, 2.45) is 5.73 Å². The second-order valence-corrected chi connectivity index (χ2v) is 2.90. The molecule has 0 bridgehead atoms. The number of pyridine rings is 1. The first-order chi connectivity index (χ1) is 7.91. The zero-order valence-electron chi connectivity index (χ0n) is 8.75. The number of aldehydes is 1. The largest absolute Gasteiger partial charge is 0.573 e. The molecule has 0 aliphatic heterocycles. The maximum absolute atomic E-state index is 12.1. The van der Waals surface area contributed by atoms with Crippen LogP contribution in [-0.4, -0.2) is 24.7 Å². The van der Waals surface area contributed by atoms with E-state index in [9.17, 15) is 18.0 Å². The Hall–Kier alpha value is -1.83. The Kier molecular flexibility index (Phi) is 3.89. The van der Waals surface area contributed by atoms with E-state index in [4.69, 9.17) is 5.73 Å². The molecule has 5 nitrogen and oxygen atoms in total. The number of nitrogens with zero attached hydrogens (tertiary/aromatic N) is 1. The molecule has 8 heteroatoms. The molecular weight excluding hydrogens is 241 g/mol. The van der Waals surface area contributed by atoms with Crippen LogP contribution in [0.3, 0.4) is 0 Å². The first-order valence-electron chi connectivity index (χ1n) is 4.40. The van der Waals surface area contributed by atoms with Crippen molar-refractivity contribution < 1.29 is 27.4 Å². The van der Waals surface area contributed by atoms with E-state index in [2.05, 4.69) is 14.5 Å². The van der Waals surface area contributed by atoms with E-state index < -0.39 is 12.1 Å². The first-order valence-corrected chi connectivity index (χ1v) is 4.40. The second-order valence-electron chi connectivity index (χ2n) is 2.90. The van der Waals surface area contributed by atoms with Crippen molar-refractivity contribution >= 4 is 6.29 Å². The predicted octanol–water partition coefficient (Wildman–Crippen LogP) is 1.26. The summed E-state index contributed by atoms with van der Waals surface area (Å²) in [7, 11) is 1.13. The van der Waals surface area contributed by atoms with Crippen LogP contribution in [0, 0.1) is 0 Å². The van der Waals surface area contributed by atoms with Crippen molar-refractivity contribution in [3.05, 3.63) is 17.3 Å². The average molecular weight is 250 g/mol. The smallest absolute Gasteiger partial charge is 0.478 e. The Morgan fingerprint density at radius 3 is 2.59 bits per heavy atom. The van der Waals surface area contributed by atoms with Crippen molar-refractivity contribution in [1.29, 1.82) is 0 Å². The van der Waals surface area contributed by atoms with Gasteiger partial charge in [-0.3, -0.25) is 4.79 Å². The van der Waals surface area contributed by atoms with Gasteiger partial charge in [-0.15, -0.1) is 13.2 Å². The van der Waals surface area contributed by atoms with Crippen molar-refractivity contribution in [2.45, 2.75) is 12.9 Å². The van der Waals surface area contributed by atoms with E-state index in [1.54, 1.807) is 0 Å². The van der Waals surface area contributed by atoms with Gasteiger partial charge in [0.05, 0.1) is 12.8 Å². The molecule has 0 saturated carbocycles. The Morgan fingerprint density at radius 1 is 1.53 bits per heavy atom. The van der Waals surface area contributed by atoms with Crippen LogP contribution in [0.1, 0.15) is 16.1 Å². The third-order valence-electron chi connectivity index (χ3n) is 1.81. The first kappa shape index (κ1) is 13.2. The van der Waals surface area contributed by atoms with Crippen LogP contribution in [-0.2, 0) is 6.54 Å². The Morgan fingerprint density at radius 2 is 2.18 bits per heavy atom. The summed E-state index contributed by atoms with van der Waals surface area (Å²) in [6.07, 6.45) is -4.54. The molecule has 0 spiro atoms. The Bertz CT molecular complexity index is 421. The number of nitrogens with two attached hydrogens (primary N) is 1. The van der Waals surface area contributed by atoms with Gasteiger partial charge in [0.1, 0.15) is 0 Å². The highest BCUT2D eigenvalue weighted by molar-refractivity contribution is 5.77. The highest BCUT2D eigenvalue weighted by atomic mass is 19.4. The van der Waals surface area contributed by atoms with Crippen molar-refractivity contribution in [2.75, 3.05) is 7.11 Å². The fraction of sp³-hybridized carbons (Fsp3) is 0.333. The molecule has 0 radical (unpaired) electrons. The van der Waals surface area contributed by atoms with Crippen LogP contribution in [0.5, 0.6) is 11.6 Å². The van der Waals surface area contributed by atoms with Gasteiger partial charge in [-0.1, -0.05) is 0 Å². The number of aromatic nitrogens is 1. The van der Waals surface area contributed by atoms with Gasteiger partial charge in [-0.05, 0) is 6.07 Å². The summed E-state index contributed by atoms with van der Waals surface area (Å²) in [6, 6.07) is 0.883. The van der Waals surface area contributed by atoms with Crippen molar-refractivity contribution in [3.8, 4) is 11.6 Å². The van der Waals surface area contributed by atoms with Crippen molar-refractivity contribution in [3.63, 3.8) is 0 Å². The Balaban J connectivity index is 3.24. The number of carbonyl (C=O) groups is 1. The molecule has 0 atom stereocenters. The van der Waals surface area contributed by atoms with E-state index in [1.807, 2.05) is 0 Å². The standard InChI is InChI=1S/C9H9F3N2O3/c1-16-8-7(17-9(10,11)12)2-5(4-15)6(3-13)14-8/h2,4H,3,13H2,1H3. The fourth-order valence-corrected chi connectivity index (χ4v) is 1.14. The fourth-order valence-electron chi connectivity index (χ4n) is 1.14. The summed E-state index contributed by atoms with van der Waals surface area (Å²) >= 11 is 0. The van der Waals surface area contributed by atoms with Gasteiger partial charge in [-0.25, -0.2) is 4.98 Å². The molecule has 2 N–H and O–H groups in total. The molecule has 0 aliphatic carbocycles. The van der Waals surface area contributed by atoms with Crippen LogP contribution in [0.15, 0.2) is 6.07 Å². The quantitative estimate of drug-likeness (QED) is 0.814. The number of hydrogen-bond donors (Lipinski definition) is 1. The number of hydrogen-bond acceptors (Lipinski definition) is 5. The molecule has 94 valence electrons. The van der Waals surface area contributed by atoms with Gasteiger partial charge in [-0.2, -0.15) is 0 Å². The van der Waals surface area contributed by atoms with Gasteiger partial charge in [0, 0.05) is 12.1 Å². The van der Waals surface area contributed by atoms with E-state index in [0.717, 1.165) is 13.2 Å². The van der Waals surface area contributed by atoms with Gasteiger partial charge in [0.25, 0.3) is 5.88 Å². The van der Waals surface area contributed by atoms with Gasteiger partial charge in [0.15, 0.2) is 12.0 Å². The molecule has 0 amide bonds. The molecule has 1 rings (SSSR count). The molecule has 17 heavy (non-hydrogen) atoms. The highest BCUT2D eigenvalue weighted by Gasteiger charge is 2.33. The average Bonchev–Trinajstić information content (AvgIpc) is 2.26. The minimum Gasteiger partial charge on any atom is -0.478 e. The van der Waals surface area contributed by atoms with Crippen molar-refractivity contribution in [1.82, 2.24) is 4.98 Å². The lowest BCUT2D eigenvalue weighted by molar-refractivity contribution is -0.275. The normalized spacial score (nSPS) is 11.1. The molecule has 1 aromatic heterocycles. The second kappa shape index (κ2) is 5.00. The third kappa shape index (κ3) is 3.31. The van der Waals surface area contributed by atoms with E-state index in [-0.39, 0.29) is 23.7 Å². The number of alkyl halides is 3. The summed E-state index contributed by atoms with van der Waals surface area (Å²) in [5, 5.41) is 0. The van der Waals surface area contributed by atoms with Crippen LogP contribution in [0.4, 0.5) is 13.2 Å². The maximum atomic E-state index is 12.1. The number of methoxy groups -OCH3 is 1. The van der Waals surface area contributed by atoms with Gasteiger partial charge < -0.3 is 15.2 Å². The SMILES string of the molecule is COc1nc(CN)c(C=O)cc1OC(F)(F)F. The van der Waals surface area contributed by atoms with Crippen LogP contribution < -0.4 is 15.2 Å². The topological polar surface area (TPSA) is 74.4 Å². The van der Waals surface area contributed by atoms with E-state index in [0.29, 0.717) is 6.29 Å². The molecule has 1 heterocycles. The molecule has 0 aliphatic rings. The monoisotopic (exact) mass is 250 g/mol. The van der Waals surface area contributed by atoms with Crippen LogP contribution in [0.25, 0.3) is 0 Å².